The molecular weight excluding hydrogens is 452 g/mol. The van der Waals surface area contributed by atoms with Gasteiger partial charge < -0.3 is 18.3 Å². The Morgan fingerprint density at radius 3 is 2.78 bits per heavy atom. The van der Waals surface area contributed by atoms with Gasteiger partial charge in [-0.25, -0.2) is 0 Å². The van der Waals surface area contributed by atoms with Crippen LogP contribution < -0.4 is 0 Å². The quantitative estimate of drug-likeness (QED) is 0.355. The molecule has 1 fully saturated rings. The average Bonchev–Trinajstić information content (AvgIpc) is 3.15. The van der Waals surface area contributed by atoms with Gasteiger partial charge in [-0.05, 0) is 37.1 Å². The second-order valence-electron chi connectivity index (χ2n) is 7.36. The zero-order valence-electron chi connectivity index (χ0n) is 17.1. The van der Waals surface area contributed by atoms with Gasteiger partial charge in [-0.2, -0.15) is 0 Å². The second-order valence-corrected chi connectivity index (χ2v) is 8.71. The molecule has 1 saturated carbocycles. The topological polar surface area (TPSA) is 103 Å². The Morgan fingerprint density at radius 2 is 2.03 bits per heavy atom. The largest absolute Gasteiger partial charge is 0.461 e. The van der Waals surface area contributed by atoms with Crippen LogP contribution in [0.1, 0.15) is 18.7 Å². The molecule has 5 rings (SSSR count). The van der Waals surface area contributed by atoms with Gasteiger partial charge in [0, 0.05) is 13.1 Å². The summed E-state index contributed by atoms with van der Waals surface area (Å²) in [6, 6.07) is 11.1. The number of furan rings is 1. The van der Waals surface area contributed by atoms with E-state index in [9.17, 15) is 4.79 Å². The van der Waals surface area contributed by atoms with Gasteiger partial charge >= 0.3 is 0 Å². The maximum Gasteiger partial charge on any atom is 0.249 e. The van der Waals surface area contributed by atoms with Gasteiger partial charge in [0.15, 0.2) is 16.7 Å². The van der Waals surface area contributed by atoms with Crippen molar-refractivity contribution in [2.45, 2.75) is 30.6 Å². The lowest BCUT2D eigenvalue weighted by Crippen LogP contribution is -2.34. The molecule has 3 aromatic heterocycles. The first kappa shape index (κ1) is 20.8. The molecule has 0 aliphatic heterocycles. The minimum absolute atomic E-state index is 0.0162. The van der Waals surface area contributed by atoms with E-state index in [0.29, 0.717) is 39.1 Å². The van der Waals surface area contributed by atoms with E-state index in [2.05, 4.69) is 20.4 Å². The molecule has 164 valence electrons. The van der Waals surface area contributed by atoms with Crippen LogP contribution in [0.3, 0.4) is 0 Å². The van der Waals surface area contributed by atoms with Crippen molar-refractivity contribution in [3.8, 4) is 23.0 Å². The fraction of sp³-hybridized carbons (Fsp3) is 0.286. The Hall–Kier alpha value is -3.11. The van der Waals surface area contributed by atoms with E-state index in [1.54, 1.807) is 23.3 Å². The normalized spacial score (nSPS) is 13.4. The molecule has 0 atom stereocenters. The molecule has 0 N–H and O–H groups in total. The number of nitrogens with zero attached hydrogens (tertiary/aromatic N) is 6. The predicted molar refractivity (Wildman–Crippen MR) is 118 cm³/mol. The second kappa shape index (κ2) is 8.79. The van der Waals surface area contributed by atoms with E-state index in [0.717, 1.165) is 12.8 Å². The Balaban J connectivity index is 1.25. The Morgan fingerprint density at radius 1 is 1.19 bits per heavy atom. The molecule has 1 amide bonds. The van der Waals surface area contributed by atoms with Crippen LogP contribution in [-0.4, -0.2) is 47.6 Å². The third-order valence-electron chi connectivity index (χ3n) is 5.09. The highest BCUT2D eigenvalue weighted by molar-refractivity contribution is 7.99. The van der Waals surface area contributed by atoms with E-state index in [4.69, 9.17) is 20.4 Å². The lowest BCUT2D eigenvalue weighted by atomic mass is 10.2. The molecule has 0 saturated heterocycles. The molecule has 4 aromatic rings. The standard InChI is InChI=1S/C21H19ClN6O3S/c1-27-19(16-7-4-10-30-16)24-26-21(27)32-12-18(29)28(13-8-9-13)11-17-23-25-20(31-17)14-5-2-3-6-15(14)22/h2-7,10,13H,8-9,11-12H2,1H3. The molecule has 1 aromatic carbocycles. The summed E-state index contributed by atoms with van der Waals surface area (Å²) < 4.78 is 13.0. The van der Waals surface area contributed by atoms with E-state index < -0.39 is 0 Å². The van der Waals surface area contributed by atoms with Crippen LogP contribution >= 0.6 is 23.4 Å². The number of carbonyl (C=O) groups is 1. The summed E-state index contributed by atoms with van der Waals surface area (Å²) in [5, 5.41) is 17.7. The third-order valence-corrected chi connectivity index (χ3v) is 6.42. The number of hydrogen-bond donors (Lipinski definition) is 0. The SMILES string of the molecule is Cn1c(SCC(=O)N(Cc2nnc(-c3ccccc3Cl)o2)C2CC2)nnc1-c1ccco1. The lowest BCUT2D eigenvalue weighted by molar-refractivity contribution is -0.129. The van der Waals surface area contributed by atoms with Crippen LogP contribution in [0.4, 0.5) is 0 Å². The smallest absolute Gasteiger partial charge is 0.249 e. The summed E-state index contributed by atoms with van der Waals surface area (Å²) in [6.07, 6.45) is 3.52. The van der Waals surface area contributed by atoms with Crippen molar-refractivity contribution in [3.05, 3.63) is 53.6 Å². The maximum absolute atomic E-state index is 13.0. The third kappa shape index (κ3) is 4.28. The highest BCUT2D eigenvalue weighted by Crippen LogP contribution is 2.31. The van der Waals surface area contributed by atoms with Gasteiger partial charge in [0.2, 0.25) is 17.7 Å². The van der Waals surface area contributed by atoms with Crippen molar-refractivity contribution in [2.75, 3.05) is 5.75 Å². The van der Waals surface area contributed by atoms with Crippen LogP contribution in [0.2, 0.25) is 5.02 Å². The molecule has 3 heterocycles. The van der Waals surface area contributed by atoms with Crippen molar-refractivity contribution in [3.63, 3.8) is 0 Å². The highest BCUT2D eigenvalue weighted by atomic mass is 35.5. The van der Waals surface area contributed by atoms with Crippen molar-refractivity contribution < 1.29 is 13.6 Å². The van der Waals surface area contributed by atoms with Gasteiger partial charge in [-0.3, -0.25) is 4.79 Å². The van der Waals surface area contributed by atoms with Gasteiger partial charge in [-0.1, -0.05) is 35.5 Å². The van der Waals surface area contributed by atoms with Crippen LogP contribution in [0.15, 0.2) is 56.7 Å². The fourth-order valence-corrected chi connectivity index (χ4v) is 4.30. The van der Waals surface area contributed by atoms with E-state index in [-0.39, 0.29) is 24.2 Å². The zero-order valence-corrected chi connectivity index (χ0v) is 18.7. The monoisotopic (exact) mass is 470 g/mol. The predicted octanol–water partition coefficient (Wildman–Crippen LogP) is 4.06. The van der Waals surface area contributed by atoms with Gasteiger partial charge in [0.05, 0.1) is 29.1 Å². The molecule has 11 heteroatoms. The number of aromatic nitrogens is 5. The number of hydrogen-bond acceptors (Lipinski definition) is 8. The molecule has 1 aliphatic rings. The van der Waals surface area contributed by atoms with Crippen LogP contribution in [0.25, 0.3) is 23.0 Å². The molecular formula is C21H19ClN6O3S. The zero-order chi connectivity index (χ0) is 22.1. The van der Waals surface area contributed by atoms with E-state index >= 15 is 0 Å². The fourth-order valence-electron chi connectivity index (χ4n) is 3.28. The first-order chi connectivity index (χ1) is 15.6. The van der Waals surface area contributed by atoms with Crippen molar-refractivity contribution >= 4 is 29.3 Å². The summed E-state index contributed by atoms with van der Waals surface area (Å²) >= 11 is 7.55. The molecule has 0 spiro atoms. The van der Waals surface area contributed by atoms with Crippen molar-refractivity contribution in [1.29, 1.82) is 0 Å². The Bertz CT molecular complexity index is 1230. The molecule has 0 radical (unpaired) electrons. The number of thioether (sulfide) groups is 1. The first-order valence-electron chi connectivity index (χ1n) is 10.0. The number of rotatable bonds is 8. The summed E-state index contributed by atoms with van der Waals surface area (Å²) in [4.78, 5) is 14.8. The Kier molecular flexibility index (Phi) is 5.71. The van der Waals surface area contributed by atoms with Crippen molar-refractivity contribution in [1.82, 2.24) is 29.9 Å². The maximum atomic E-state index is 13.0. The lowest BCUT2D eigenvalue weighted by Gasteiger charge is -2.20. The van der Waals surface area contributed by atoms with E-state index in [1.165, 1.54) is 11.8 Å². The van der Waals surface area contributed by atoms with Crippen molar-refractivity contribution in [2.24, 2.45) is 7.05 Å². The number of amides is 1. The summed E-state index contributed by atoms with van der Waals surface area (Å²) in [5.41, 5.74) is 0.669. The number of halogens is 1. The summed E-state index contributed by atoms with van der Waals surface area (Å²) in [7, 11) is 1.85. The summed E-state index contributed by atoms with van der Waals surface area (Å²) in [5.74, 6) is 2.17. The minimum atomic E-state index is -0.0162. The minimum Gasteiger partial charge on any atom is -0.461 e. The first-order valence-corrected chi connectivity index (χ1v) is 11.4. The van der Waals surface area contributed by atoms with Crippen LogP contribution in [0, 0.1) is 0 Å². The molecule has 32 heavy (non-hydrogen) atoms. The Labute approximate surface area is 192 Å². The molecule has 1 aliphatic carbocycles. The van der Waals surface area contributed by atoms with E-state index in [1.807, 2.05) is 35.9 Å². The number of benzene rings is 1. The van der Waals surface area contributed by atoms with Crippen LogP contribution in [0.5, 0.6) is 0 Å². The molecule has 0 unspecified atom stereocenters. The molecule has 0 bridgehead atoms. The van der Waals surface area contributed by atoms with Crippen LogP contribution in [-0.2, 0) is 18.4 Å². The highest BCUT2D eigenvalue weighted by Gasteiger charge is 2.34. The summed E-state index contributed by atoms with van der Waals surface area (Å²) in [6.45, 7) is 0.262. The molecule has 9 nitrogen and oxygen atoms in total. The number of carbonyl (C=O) groups excluding carboxylic acids is 1. The average molecular weight is 471 g/mol. The van der Waals surface area contributed by atoms with Gasteiger partial charge in [0.1, 0.15) is 0 Å². The van der Waals surface area contributed by atoms with Gasteiger partial charge in [0.25, 0.3) is 0 Å². The van der Waals surface area contributed by atoms with Gasteiger partial charge in [-0.15, -0.1) is 20.4 Å².